The third-order valence-electron chi connectivity index (χ3n) is 2.68. The molecule has 19 heavy (non-hydrogen) atoms. The van der Waals surface area contributed by atoms with Gasteiger partial charge < -0.3 is 10.2 Å². The highest BCUT2D eigenvalue weighted by Crippen LogP contribution is 2.22. The van der Waals surface area contributed by atoms with E-state index in [1.54, 1.807) is 6.07 Å². The van der Waals surface area contributed by atoms with Gasteiger partial charge in [0.15, 0.2) is 0 Å². The quantitative estimate of drug-likeness (QED) is 0.888. The van der Waals surface area contributed by atoms with Crippen LogP contribution in [0.15, 0.2) is 12.3 Å². The highest BCUT2D eigenvalue weighted by atomic mass is 19.1. The fraction of sp³-hybridized carbons (Fsp3) is 0.667. The number of rotatable bonds is 5. The van der Waals surface area contributed by atoms with E-state index in [-0.39, 0.29) is 11.2 Å². The minimum Gasteiger partial charge on any atom is -0.359 e. The van der Waals surface area contributed by atoms with E-state index in [0.717, 1.165) is 17.9 Å². The molecule has 0 aliphatic carbocycles. The van der Waals surface area contributed by atoms with Gasteiger partial charge in [0.1, 0.15) is 11.6 Å². The molecule has 1 aromatic heterocycles. The minimum absolute atomic E-state index is 0.174. The number of nitrogens with zero attached hydrogens (tertiary/aromatic N) is 2. The number of aromatic nitrogens is 1. The third-order valence-corrected chi connectivity index (χ3v) is 2.68. The van der Waals surface area contributed by atoms with Gasteiger partial charge in [0, 0.05) is 31.7 Å². The van der Waals surface area contributed by atoms with Crippen LogP contribution >= 0.6 is 0 Å². The highest BCUT2D eigenvalue weighted by molar-refractivity contribution is 5.46. The molecule has 0 atom stereocenters. The number of nitrogens with one attached hydrogen (secondary N) is 1. The largest absolute Gasteiger partial charge is 0.359 e. The molecule has 0 spiro atoms. The summed E-state index contributed by atoms with van der Waals surface area (Å²) in [7, 11) is 2.00. The number of halogens is 1. The predicted octanol–water partition coefficient (Wildman–Crippen LogP) is 3.20. The molecular formula is C15H26FN3. The van der Waals surface area contributed by atoms with Gasteiger partial charge in [0.05, 0.1) is 6.20 Å². The summed E-state index contributed by atoms with van der Waals surface area (Å²) < 4.78 is 13.4. The van der Waals surface area contributed by atoms with Crippen LogP contribution in [0.3, 0.4) is 0 Å². The maximum absolute atomic E-state index is 13.4. The molecule has 0 aliphatic rings. The second-order valence-electron chi connectivity index (χ2n) is 6.59. The van der Waals surface area contributed by atoms with Crippen molar-refractivity contribution in [2.45, 2.75) is 47.2 Å². The Morgan fingerprint density at radius 1 is 1.37 bits per heavy atom. The first-order valence-corrected chi connectivity index (χ1v) is 6.78. The van der Waals surface area contributed by atoms with Crippen molar-refractivity contribution in [1.82, 2.24) is 10.3 Å². The number of anilines is 1. The first-order chi connectivity index (χ1) is 8.69. The molecule has 108 valence electrons. The standard InChI is InChI=1S/C15H26FN3/c1-11(2)17-8-12-7-13(16)9-18-14(12)19(6)10-15(3,4)5/h7,9,11,17H,8,10H2,1-6H3. The number of hydrogen-bond acceptors (Lipinski definition) is 3. The first-order valence-electron chi connectivity index (χ1n) is 6.78. The average Bonchev–Trinajstić information content (AvgIpc) is 2.23. The lowest BCUT2D eigenvalue weighted by molar-refractivity contribution is 0.417. The average molecular weight is 267 g/mol. The number of hydrogen-bond donors (Lipinski definition) is 1. The summed E-state index contributed by atoms with van der Waals surface area (Å²) in [5, 5.41) is 3.31. The van der Waals surface area contributed by atoms with Crippen LogP contribution in [0, 0.1) is 11.2 Å². The summed E-state index contributed by atoms with van der Waals surface area (Å²) in [6.07, 6.45) is 1.29. The Kier molecular flexibility index (Phi) is 5.29. The van der Waals surface area contributed by atoms with Crippen molar-refractivity contribution in [3.63, 3.8) is 0 Å². The van der Waals surface area contributed by atoms with Crippen LogP contribution in [0.25, 0.3) is 0 Å². The number of pyridine rings is 1. The smallest absolute Gasteiger partial charge is 0.141 e. The molecule has 0 amide bonds. The third kappa shape index (κ3) is 5.55. The van der Waals surface area contributed by atoms with Gasteiger partial charge in [0.25, 0.3) is 0 Å². The maximum Gasteiger partial charge on any atom is 0.141 e. The molecular weight excluding hydrogens is 241 g/mol. The van der Waals surface area contributed by atoms with Crippen molar-refractivity contribution >= 4 is 5.82 Å². The first kappa shape index (κ1) is 15.9. The van der Waals surface area contributed by atoms with Gasteiger partial charge in [-0.25, -0.2) is 9.37 Å². The Hall–Kier alpha value is -1.16. The lowest BCUT2D eigenvalue weighted by Crippen LogP contribution is -2.31. The highest BCUT2D eigenvalue weighted by Gasteiger charge is 2.17. The Morgan fingerprint density at radius 3 is 2.53 bits per heavy atom. The van der Waals surface area contributed by atoms with Crippen LogP contribution in [0.1, 0.15) is 40.2 Å². The van der Waals surface area contributed by atoms with Crippen molar-refractivity contribution in [2.24, 2.45) is 5.41 Å². The Morgan fingerprint density at radius 2 is 2.00 bits per heavy atom. The fourth-order valence-electron chi connectivity index (χ4n) is 2.05. The Labute approximate surface area is 116 Å². The van der Waals surface area contributed by atoms with Crippen LogP contribution in [-0.2, 0) is 6.54 Å². The molecule has 3 nitrogen and oxygen atoms in total. The van der Waals surface area contributed by atoms with Crippen LogP contribution in [0.2, 0.25) is 0 Å². The fourth-order valence-corrected chi connectivity index (χ4v) is 2.05. The van der Waals surface area contributed by atoms with Gasteiger partial charge in [-0.2, -0.15) is 0 Å². The van der Waals surface area contributed by atoms with E-state index in [4.69, 9.17) is 0 Å². The van der Waals surface area contributed by atoms with Crippen molar-refractivity contribution in [3.05, 3.63) is 23.6 Å². The van der Waals surface area contributed by atoms with Gasteiger partial charge >= 0.3 is 0 Å². The normalized spacial score (nSPS) is 12.0. The zero-order valence-electron chi connectivity index (χ0n) is 12.9. The van der Waals surface area contributed by atoms with E-state index < -0.39 is 0 Å². The summed E-state index contributed by atoms with van der Waals surface area (Å²) in [5.41, 5.74) is 1.08. The van der Waals surface area contributed by atoms with E-state index >= 15 is 0 Å². The molecule has 1 rings (SSSR count). The molecule has 1 N–H and O–H groups in total. The predicted molar refractivity (Wildman–Crippen MR) is 78.9 cm³/mol. The van der Waals surface area contributed by atoms with Gasteiger partial charge in [-0.05, 0) is 11.5 Å². The van der Waals surface area contributed by atoms with Crippen molar-refractivity contribution in [1.29, 1.82) is 0 Å². The summed E-state index contributed by atoms with van der Waals surface area (Å²) in [6.45, 7) is 12.2. The van der Waals surface area contributed by atoms with Crippen LogP contribution in [-0.4, -0.2) is 24.6 Å². The molecule has 0 saturated heterocycles. The molecule has 0 bridgehead atoms. The SMILES string of the molecule is CC(C)NCc1cc(F)cnc1N(C)CC(C)(C)C. The van der Waals surface area contributed by atoms with Gasteiger partial charge in [-0.15, -0.1) is 0 Å². The van der Waals surface area contributed by atoms with Gasteiger partial charge in [-0.3, -0.25) is 0 Å². The molecule has 0 radical (unpaired) electrons. The van der Waals surface area contributed by atoms with Gasteiger partial charge in [0.2, 0.25) is 0 Å². The topological polar surface area (TPSA) is 28.2 Å². The van der Waals surface area contributed by atoms with Crippen LogP contribution in [0.4, 0.5) is 10.2 Å². The monoisotopic (exact) mass is 267 g/mol. The molecule has 0 aromatic carbocycles. The molecule has 0 fully saturated rings. The van der Waals surface area contributed by atoms with E-state index in [9.17, 15) is 4.39 Å². The zero-order chi connectivity index (χ0) is 14.6. The molecule has 4 heteroatoms. The molecule has 0 saturated carbocycles. The second-order valence-corrected chi connectivity index (χ2v) is 6.59. The lowest BCUT2D eigenvalue weighted by atomic mass is 9.96. The van der Waals surface area contributed by atoms with Crippen molar-refractivity contribution in [3.8, 4) is 0 Å². The van der Waals surface area contributed by atoms with Crippen LogP contribution in [0.5, 0.6) is 0 Å². The summed E-state index contributed by atoms with van der Waals surface area (Å²) in [4.78, 5) is 6.35. The van der Waals surface area contributed by atoms with Gasteiger partial charge in [-0.1, -0.05) is 34.6 Å². The van der Waals surface area contributed by atoms with Crippen LogP contribution < -0.4 is 10.2 Å². The zero-order valence-corrected chi connectivity index (χ0v) is 12.9. The lowest BCUT2D eigenvalue weighted by Gasteiger charge is -2.29. The van der Waals surface area contributed by atoms with E-state index in [0.29, 0.717) is 12.6 Å². The second kappa shape index (κ2) is 6.33. The van der Waals surface area contributed by atoms with Crippen molar-refractivity contribution in [2.75, 3.05) is 18.5 Å². The van der Waals surface area contributed by atoms with E-state index in [2.05, 4.69) is 49.8 Å². The van der Waals surface area contributed by atoms with E-state index in [1.807, 2.05) is 7.05 Å². The van der Waals surface area contributed by atoms with Crippen molar-refractivity contribution < 1.29 is 4.39 Å². The summed E-state index contributed by atoms with van der Waals surface area (Å²) >= 11 is 0. The summed E-state index contributed by atoms with van der Waals surface area (Å²) in [6, 6.07) is 1.93. The minimum atomic E-state index is -0.284. The molecule has 1 heterocycles. The molecule has 1 aromatic rings. The summed E-state index contributed by atoms with van der Waals surface area (Å²) in [5.74, 6) is 0.568. The van der Waals surface area contributed by atoms with E-state index in [1.165, 1.54) is 6.20 Å². The molecule has 0 unspecified atom stereocenters. The Balaban J connectivity index is 2.92. The maximum atomic E-state index is 13.4. The Bertz CT molecular complexity index is 410. The molecule has 0 aliphatic heterocycles.